The van der Waals surface area contributed by atoms with Crippen LogP contribution in [0.4, 0.5) is 56.9 Å². The molecule has 0 unspecified atom stereocenters. The van der Waals surface area contributed by atoms with Gasteiger partial charge < -0.3 is 23.5 Å². The Morgan fingerprint density at radius 2 is 0.802 bits per heavy atom. The molecule has 0 saturated heterocycles. The predicted molar refractivity (Wildman–Crippen MR) is 351 cm³/mol. The second kappa shape index (κ2) is 18.7. The van der Waals surface area contributed by atoms with Crippen LogP contribution in [-0.2, 0) is 5.41 Å². The minimum Gasteiger partial charge on any atom is -0.454 e. The Bertz CT molecular complexity index is 5110. The van der Waals surface area contributed by atoms with Crippen LogP contribution in [0.3, 0.4) is 0 Å². The average molecular weight is 1100 g/mol. The predicted octanol–water partition coefficient (Wildman–Crippen LogP) is 21.9. The molecule has 1 aliphatic heterocycles. The quantitative estimate of drug-likeness (QED) is 0.148. The highest BCUT2D eigenvalue weighted by molar-refractivity contribution is 6.21. The maximum absolute atomic E-state index is 10.2. The fraction of sp³-hybridized carbons (Fsp3) is 0.0380. The van der Waals surface area contributed by atoms with Gasteiger partial charge in [0.15, 0.2) is 16.9 Å². The van der Waals surface area contributed by atoms with E-state index in [1.807, 2.05) is 24.3 Å². The van der Waals surface area contributed by atoms with E-state index in [4.69, 9.17) is 15.4 Å². The Labute approximate surface area is 496 Å². The molecule has 15 aromatic rings. The van der Waals surface area contributed by atoms with Gasteiger partial charge in [-0.15, -0.1) is 0 Å². The number of fused-ring (bicyclic) bond motifs is 19. The van der Waals surface area contributed by atoms with Gasteiger partial charge in [-0.1, -0.05) is 176 Å². The van der Waals surface area contributed by atoms with E-state index in [-0.39, 0.29) is 0 Å². The Kier molecular flexibility index (Phi) is 10.7. The molecule has 0 radical (unpaired) electrons. The molecule has 7 heteroatoms. The van der Waals surface area contributed by atoms with Crippen LogP contribution in [0.15, 0.2) is 270 Å². The van der Waals surface area contributed by atoms with E-state index >= 15 is 0 Å². The van der Waals surface area contributed by atoms with Crippen molar-refractivity contribution >= 4 is 122 Å². The lowest BCUT2D eigenvalue weighted by Gasteiger charge is -2.45. The fourth-order valence-electron chi connectivity index (χ4n) is 14.5. The fourth-order valence-corrected chi connectivity index (χ4v) is 14.5. The molecule has 1 aliphatic carbocycles. The molecule has 3 heterocycles. The second-order valence-electron chi connectivity index (χ2n) is 22.6. The number of nitriles is 1. The van der Waals surface area contributed by atoms with Gasteiger partial charge in [-0.25, -0.2) is 4.85 Å². The lowest BCUT2D eigenvalue weighted by atomic mass is 9.64. The molecule has 0 N–H and O–H groups in total. The summed E-state index contributed by atoms with van der Waals surface area (Å²) in [6, 6.07) is 95.3. The van der Waals surface area contributed by atoms with Crippen molar-refractivity contribution in [3.8, 4) is 17.2 Å². The van der Waals surface area contributed by atoms with Gasteiger partial charge in [-0.3, -0.25) is 0 Å². The minimum absolute atomic E-state index is 0.558. The number of benzene rings is 13. The first kappa shape index (κ1) is 49.0. The molecule has 1 spiro atoms. The molecule has 0 saturated carbocycles. The molecule has 7 nitrogen and oxygen atoms in total. The molecule has 0 atom stereocenters. The lowest BCUT2D eigenvalue weighted by Crippen LogP contribution is -2.36. The van der Waals surface area contributed by atoms with Gasteiger partial charge in [-0.05, 0) is 154 Å². The highest BCUT2D eigenvalue weighted by atomic mass is 16.3. The zero-order chi connectivity index (χ0) is 57.4. The van der Waals surface area contributed by atoms with E-state index in [1.165, 1.54) is 0 Å². The van der Waals surface area contributed by atoms with Crippen LogP contribution in [-0.4, -0.2) is 0 Å². The molecule has 0 amide bonds. The highest BCUT2D eigenvalue weighted by Crippen LogP contribution is 2.67. The van der Waals surface area contributed by atoms with E-state index in [0.717, 1.165) is 161 Å². The summed E-state index contributed by atoms with van der Waals surface area (Å²) in [5.41, 5.74) is 21.0. The summed E-state index contributed by atoms with van der Waals surface area (Å²) < 4.78 is 14.2. The Hall–Kier alpha value is -11.6. The summed E-state index contributed by atoms with van der Waals surface area (Å²) in [7, 11) is 0. The largest absolute Gasteiger partial charge is 0.454 e. The van der Waals surface area contributed by atoms with Crippen LogP contribution >= 0.6 is 0 Å². The van der Waals surface area contributed by atoms with Gasteiger partial charge in [0, 0.05) is 49.4 Å². The number of furan rings is 2. The van der Waals surface area contributed by atoms with Crippen molar-refractivity contribution < 1.29 is 8.83 Å². The Morgan fingerprint density at radius 1 is 0.395 bits per heavy atom. The third-order valence-corrected chi connectivity index (χ3v) is 18.1. The number of anilines is 9. The van der Waals surface area contributed by atoms with E-state index in [0.29, 0.717) is 11.3 Å². The summed E-state index contributed by atoms with van der Waals surface area (Å²) in [6.45, 7) is 12.3. The van der Waals surface area contributed by atoms with Gasteiger partial charge in [0.2, 0.25) is 0 Å². The minimum atomic E-state index is -0.971. The van der Waals surface area contributed by atoms with E-state index < -0.39 is 5.41 Å². The summed E-state index contributed by atoms with van der Waals surface area (Å²) in [5.74, 6) is 0. The van der Waals surface area contributed by atoms with Gasteiger partial charge in [0.05, 0.1) is 57.7 Å². The third-order valence-electron chi connectivity index (χ3n) is 18.1. The number of hydrogen-bond acceptors (Lipinski definition) is 6. The highest BCUT2D eigenvalue weighted by Gasteiger charge is 2.54. The monoisotopic (exact) mass is 1100 g/mol. The summed E-state index contributed by atoms with van der Waals surface area (Å²) >= 11 is 0. The Morgan fingerprint density at radius 3 is 1.28 bits per heavy atom. The zero-order valence-electron chi connectivity index (χ0n) is 46.9. The van der Waals surface area contributed by atoms with Crippen molar-refractivity contribution in [2.24, 2.45) is 0 Å². The first-order valence-corrected chi connectivity index (χ1v) is 29.0. The molecule has 2 aliphatic rings. The standard InChI is InChI=1S/C79H49N5O2/c1-48-19-15-27-59-61-29-17-35-69(77(61)85-75(48)59)83(53-41-37-50(47-80)38-42-53)71-45-65-73(57-25-9-7-23-55(57)71)74-58-26-10-8-24-56(58)72(84(54-43-39-51(81-3)40-44-54)70-36-18-30-62-60-28-16-20-49(2)76(60)86-78(62)70)46-66(74)79(65)63-31-11-13-33-67(63)82(52-21-5-4-6-22-52)68-34-14-12-32-64(68)79/h4-46H,1-2H3. The second-order valence-corrected chi connectivity index (χ2v) is 22.6. The van der Waals surface area contributed by atoms with Crippen LogP contribution in [0.2, 0.25) is 0 Å². The van der Waals surface area contributed by atoms with Gasteiger partial charge in [-0.2, -0.15) is 5.26 Å². The molecule has 13 aromatic carbocycles. The molecule has 402 valence electrons. The van der Waals surface area contributed by atoms with E-state index in [1.54, 1.807) is 0 Å². The first-order valence-electron chi connectivity index (χ1n) is 29.0. The average Bonchev–Trinajstić information content (AvgIpc) is 1.47. The van der Waals surface area contributed by atoms with Crippen LogP contribution in [0.1, 0.15) is 38.9 Å². The van der Waals surface area contributed by atoms with Gasteiger partial charge >= 0.3 is 0 Å². The van der Waals surface area contributed by atoms with Crippen LogP contribution in [0, 0.1) is 31.8 Å². The number of para-hydroxylation sites is 7. The number of rotatable bonds is 7. The van der Waals surface area contributed by atoms with E-state index in [9.17, 15) is 5.26 Å². The molecule has 0 bridgehead atoms. The van der Waals surface area contributed by atoms with Crippen molar-refractivity contribution in [2.75, 3.05) is 14.7 Å². The summed E-state index contributed by atoms with van der Waals surface area (Å²) in [6.07, 6.45) is 0. The van der Waals surface area contributed by atoms with Crippen LogP contribution in [0.25, 0.3) is 81.4 Å². The SMILES string of the molecule is [C-]#[N+]c1ccc(N(c2cc3c(c4ccccc24)-c2c(cc(N(c4ccc(C#N)cc4)c4cccc5c4oc4c(C)cccc45)c4ccccc24)C32c3ccccc3N(c3ccccc3)c3ccccc32)c2cccc3c2oc2c(C)cccc23)cc1. The maximum Gasteiger partial charge on any atom is 0.187 e. The summed E-state index contributed by atoms with van der Waals surface area (Å²) in [4.78, 5) is 11.0. The van der Waals surface area contributed by atoms with Crippen LogP contribution in [0.5, 0.6) is 0 Å². The molecular formula is C79H49N5O2. The smallest absolute Gasteiger partial charge is 0.187 e. The topological polar surface area (TPSA) is 64.2 Å². The van der Waals surface area contributed by atoms with Gasteiger partial charge in [0.25, 0.3) is 0 Å². The first-order chi connectivity index (χ1) is 42.4. The van der Waals surface area contributed by atoms with Crippen molar-refractivity contribution in [1.29, 1.82) is 5.26 Å². The number of aryl methyl sites for hydroxylation is 2. The number of nitrogens with zero attached hydrogens (tertiary/aromatic N) is 5. The van der Waals surface area contributed by atoms with Gasteiger partial charge in [0.1, 0.15) is 11.2 Å². The van der Waals surface area contributed by atoms with Crippen molar-refractivity contribution in [1.82, 2.24) is 0 Å². The molecule has 2 aromatic heterocycles. The van der Waals surface area contributed by atoms with Crippen molar-refractivity contribution in [3.05, 3.63) is 311 Å². The summed E-state index contributed by atoms with van der Waals surface area (Å²) in [5, 5.41) is 18.7. The molecule has 17 rings (SSSR count). The number of hydrogen-bond donors (Lipinski definition) is 0. The maximum atomic E-state index is 10.2. The van der Waals surface area contributed by atoms with E-state index in [2.05, 4.69) is 276 Å². The van der Waals surface area contributed by atoms with Crippen molar-refractivity contribution in [2.45, 2.75) is 19.3 Å². The molecule has 0 fully saturated rings. The Balaban J connectivity index is 1.04. The zero-order valence-corrected chi connectivity index (χ0v) is 46.9. The molecule has 86 heavy (non-hydrogen) atoms. The van der Waals surface area contributed by atoms with Crippen molar-refractivity contribution in [3.63, 3.8) is 0 Å². The normalized spacial score (nSPS) is 12.8. The lowest BCUT2D eigenvalue weighted by molar-refractivity contribution is 0.665. The van der Waals surface area contributed by atoms with Crippen LogP contribution < -0.4 is 14.7 Å². The third kappa shape index (κ3) is 6.82. The molecular weight excluding hydrogens is 1050 g/mol.